The van der Waals surface area contributed by atoms with E-state index in [4.69, 9.17) is 77.8 Å². The van der Waals surface area contributed by atoms with Gasteiger partial charge in [-0.3, -0.25) is 9.59 Å². The SMILES string of the molecule is N[C@H](CSCC1O[C@H]2O[C@@H]3C(CO)O[C@H](O[C@@H]4C(CO)O[C@H](O[C@@H]5C(CO)O[C@H](O[C@@H]6C(CSC[C@@H](N)C(=O)O)O[C@H](O[C@@H]7C(CO)O[C@@H](O[C@@H]8C(CO)O[C@@H](O[C@H]1C(O)C2O)C(O)C8O)C(O)C7O)C(O)[C@H]6O)C(O)C5O)C(O)C4O)C(O)C3O)C(=O)O. The number of aliphatic hydroxyl groups excluding tert-OH is 19. The maximum absolute atomic E-state index is 11.7. The van der Waals surface area contributed by atoms with E-state index >= 15 is 0 Å². The quantitative estimate of drug-likeness (QED) is 0.0724. The lowest BCUT2D eigenvalue weighted by Crippen LogP contribution is -2.68. The van der Waals surface area contributed by atoms with Crippen LogP contribution in [-0.4, -0.2) is 402 Å². The molecule has 20 unspecified atom stereocenters. The Balaban J connectivity index is 1.11. The fraction of sp³-hybridized carbons (Fsp3) is 0.958. The summed E-state index contributed by atoms with van der Waals surface area (Å²) in [5.74, 6) is -4.26. The Labute approximate surface area is 511 Å². The van der Waals surface area contributed by atoms with Crippen molar-refractivity contribution in [3.63, 3.8) is 0 Å². The normalized spacial score (nSPS) is 50.1. The molecule has 0 aliphatic carbocycles. The maximum Gasteiger partial charge on any atom is 0.321 e. The molecule has 516 valence electrons. The zero-order valence-corrected chi connectivity index (χ0v) is 48.3. The van der Waals surface area contributed by atoms with Crippen LogP contribution >= 0.6 is 23.5 Å². The van der Waals surface area contributed by atoms with Crippen molar-refractivity contribution in [3.05, 3.63) is 0 Å². The lowest BCUT2D eigenvalue weighted by molar-refractivity contribution is -0.395. The first-order valence-corrected chi connectivity index (χ1v) is 30.4. The molecule has 21 saturated heterocycles. The molecule has 21 fully saturated rings. The first-order chi connectivity index (χ1) is 42.2. The van der Waals surface area contributed by atoms with Crippen molar-refractivity contribution >= 4 is 35.5 Å². The zero-order chi connectivity index (χ0) is 65.2. The minimum atomic E-state index is -2.27. The summed E-state index contributed by atoms with van der Waals surface area (Å²) in [5, 5.41) is 233. The molecule has 14 bridgehead atoms. The maximum atomic E-state index is 11.7. The van der Waals surface area contributed by atoms with Gasteiger partial charge in [-0.15, -0.1) is 0 Å². The van der Waals surface area contributed by atoms with Gasteiger partial charge < -0.3 is 185 Å². The Morgan fingerprint density at radius 1 is 0.281 bits per heavy atom. The van der Waals surface area contributed by atoms with Crippen molar-refractivity contribution in [1.29, 1.82) is 0 Å². The molecule has 21 rings (SSSR count). The van der Waals surface area contributed by atoms with Gasteiger partial charge in [0.15, 0.2) is 44.0 Å². The number of carboxylic acid groups (broad SMARTS) is 2. The lowest BCUT2D eigenvalue weighted by Gasteiger charge is -2.50. The third-order valence-electron chi connectivity index (χ3n) is 16.2. The van der Waals surface area contributed by atoms with Crippen molar-refractivity contribution < 1.29 is 183 Å². The molecule has 25 N–H and O–H groups in total. The third kappa shape index (κ3) is 15.9. The zero-order valence-electron chi connectivity index (χ0n) is 46.6. The highest BCUT2D eigenvalue weighted by Crippen LogP contribution is 2.40. The van der Waals surface area contributed by atoms with E-state index in [2.05, 4.69) is 0 Å². The molecule has 0 saturated carbocycles. The van der Waals surface area contributed by atoms with Crippen LogP contribution in [0.3, 0.4) is 0 Å². The second-order valence-corrected chi connectivity index (χ2v) is 24.4. The van der Waals surface area contributed by atoms with Gasteiger partial charge in [0.1, 0.15) is 171 Å². The molecule has 37 atom stereocenters. The predicted molar refractivity (Wildman–Crippen MR) is 280 cm³/mol. The largest absolute Gasteiger partial charge is 0.480 e. The van der Waals surface area contributed by atoms with Crippen LogP contribution in [0, 0.1) is 0 Å². The molecule has 89 heavy (non-hydrogen) atoms. The number of aliphatic hydroxyl groups is 19. The Hall–Kier alpha value is -1.76. The van der Waals surface area contributed by atoms with Gasteiger partial charge in [0.25, 0.3) is 0 Å². The molecule has 0 aromatic carbocycles. The van der Waals surface area contributed by atoms with Crippen molar-refractivity contribution in [2.75, 3.05) is 56.0 Å². The Morgan fingerprint density at radius 3 is 0.596 bits per heavy atom. The van der Waals surface area contributed by atoms with Crippen LogP contribution in [0.2, 0.25) is 0 Å². The third-order valence-corrected chi connectivity index (χ3v) is 18.5. The average molecular weight is 1340 g/mol. The lowest BCUT2D eigenvalue weighted by atomic mass is 9.95. The number of hydrogen-bond acceptors (Lipinski definition) is 39. The summed E-state index contributed by atoms with van der Waals surface area (Å²) in [5.41, 5.74) is 11.4. The fourth-order valence-electron chi connectivity index (χ4n) is 11.2. The van der Waals surface area contributed by atoms with Crippen LogP contribution in [0.15, 0.2) is 0 Å². The van der Waals surface area contributed by atoms with Crippen LogP contribution in [0.4, 0.5) is 0 Å². The molecule has 21 aliphatic heterocycles. The summed E-state index contributed by atoms with van der Waals surface area (Å²) in [6, 6.07) is -2.94. The first kappa shape index (κ1) is 73.1. The van der Waals surface area contributed by atoms with Crippen molar-refractivity contribution in [2.24, 2.45) is 11.5 Å². The highest BCUT2D eigenvalue weighted by Gasteiger charge is 2.60. The molecular formula is C48H80N2O37S2. The minimum Gasteiger partial charge on any atom is -0.480 e. The molecule has 41 heteroatoms. The molecule has 0 aromatic rings. The number of nitrogens with two attached hydrogens (primary N) is 2. The van der Waals surface area contributed by atoms with E-state index in [1.54, 1.807) is 0 Å². The highest BCUT2D eigenvalue weighted by atomic mass is 32.2. The van der Waals surface area contributed by atoms with Crippen molar-refractivity contribution in [2.45, 2.75) is 227 Å². The Bertz CT molecular complexity index is 2200. The molecule has 0 amide bonds. The van der Waals surface area contributed by atoms with Gasteiger partial charge >= 0.3 is 11.9 Å². The molecule has 0 aromatic heterocycles. The Kier molecular flexibility index (Phi) is 26.2. The summed E-state index contributed by atoms with van der Waals surface area (Å²) < 4.78 is 81.6. The smallest absolute Gasteiger partial charge is 0.321 e. The van der Waals surface area contributed by atoms with Gasteiger partial charge in [0.05, 0.1) is 45.2 Å². The average Bonchev–Trinajstić information content (AvgIpc) is 0.884. The Morgan fingerprint density at radius 2 is 0.438 bits per heavy atom. The first-order valence-electron chi connectivity index (χ1n) is 28.1. The molecular weight excluding hydrogens is 1260 g/mol. The van der Waals surface area contributed by atoms with Crippen molar-refractivity contribution in [3.8, 4) is 0 Å². The molecule has 0 radical (unpaired) electrons. The van der Waals surface area contributed by atoms with Gasteiger partial charge in [-0.05, 0) is 0 Å². The summed E-state index contributed by atoms with van der Waals surface area (Å²) in [4.78, 5) is 23.2. The van der Waals surface area contributed by atoms with Gasteiger partial charge in [0, 0.05) is 23.0 Å². The van der Waals surface area contributed by atoms with Crippen molar-refractivity contribution in [1.82, 2.24) is 0 Å². The second kappa shape index (κ2) is 31.9. The number of ether oxygens (including phenoxy) is 14. The summed E-state index contributed by atoms with van der Waals surface area (Å²) in [6.07, 6.45) is -71.4. The van der Waals surface area contributed by atoms with Crippen LogP contribution in [0.5, 0.6) is 0 Å². The fourth-order valence-corrected chi connectivity index (χ4v) is 13.2. The molecule has 21 aliphatic rings. The van der Waals surface area contributed by atoms with Crippen LogP contribution in [0.1, 0.15) is 0 Å². The van der Waals surface area contributed by atoms with Crippen LogP contribution in [-0.2, 0) is 75.9 Å². The topological polar surface area (TPSA) is 640 Å². The number of carboxylic acids is 2. The summed E-state index contributed by atoms with van der Waals surface area (Å²) >= 11 is 1.60. The van der Waals surface area contributed by atoms with Gasteiger partial charge in [0.2, 0.25) is 0 Å². The van der Waals surface area contributed by atoms with E-state index < -0.39 is 284 Å². The number of aliphatic carboxylic acids is 2. The van der Waals surface area contributed by atoms with E-state index in [1.165, 1.54) is 0 Å². The molecule has 39 nitrogen and oxygen atoms in total. The monoisotopic (exact) mass is 1340 g/mol. The van der Waals surface area contributed by atoms with Gasteiger partial charge in [-0.2, -0.15) is 23.5 Å². The predicted octanol–water partition coefficient (Wildman–Crippen LogP) is -14.9. The second-order valence-electron chi connectivity index (χ2n) is 22.3. The minimum absolute atomic E-state index is 0.319. The van der Waals surface area contributed by atoms with Gasteiger partial charge in [-0.1, -0.05) is 0 Å². The number of thioether (sulfide) groups is 2. The molecule has 0 spiro atoms. The number of carbonyl (C=O) groups is 2. The van der Waals surface area contributed by atoms with E-state index in [0.29, 0.717) is 0 Å². The van der Waals surface area contributed by atoms with E-state index in [1.807, 2.05) is 0 Å². The standard InChI is InChI=1S/C48H80N2O37S2/c49-10(40(70)71)6-88-8-17-38-25(62)32(69)48(80-17)85-37-16(5-55)76-44(28(65)21(37)58)83-35-14(3-53)78-46(30(67)23(35)60)87-39-18(9-89-7-11(50)41(72)73)79-47(31(68)24(39)61)84-36-15(4-54)75-43(27(64)20(36)57)81-33-12(1-51)74-42(26(63)19(33)56)82-34-13(2-52)77-45(86-38)29(66)22(34)59/h10-39,42-48,51-69H,1-9,49-50H2,(H,70,71)(H,72,73)/t10-,11-,12?,13?,14?,15?,16?,17?,18?,19?,20?,21?,22?,23?,24?,25-,26?,27?,28?,29?,30?,31?,32?,33-,34-,35-,36-,37-,38-,39-,42-,43-,44+,45-,46+,47+,48-/m1/s1. The summed E-state index contributed by atoms with van der Waals surface area (Å²) in [6.45, 7) is -5.43. The number of hydrogen-bond donors (Lipinski definition) is 23. The highest BCUT2D eigenvalue weighted by molar-refractivity contribution is 7.99. The van der Waals surface area contributed by atoms with Gasteiger partial charge in [-0.25, -0.2) is 0 Å². The van der Waals surface area contributed by atoms with E-state index in [-0.39, 0.29) is 11.5 Å². The molecule has 21 heterocycles. The van der Waals surface area contributed by atoms with E-state index in [9.17, 15) is 117 Å². The van der Waals surface area contributed by atoms with Crippen LogP contribution in [0.25, 0.3) is 0 Å². The summed E-state index contributed by atoms with van der Waals surface area (Å²) in [7, 11) is 0. The number of rotatable bonds is 15. The van der Waals surface area contributed by atoms with Crippen LogP contribution < -0.4 is 11.5 Å². The van der Waals surface area contributed by atoms with E-state index in [0.717, 1.165) is 23.5 Å².